The zero-order valence-corrected chi connectivity index (χ0v) is 20.3. The smallest absolute Gasteiger partial charge is 0.350 e. The highest BCUT2D eigenvalue weighted by atomic mass is 79.9. The van der Waals surface area contributed by atoms with Crippen molar-refractivity contribution in [3.05, 3.63) is 103 Å². The summed E-state index contributed by atoms with van der Waals surface area (Å²) in [5.41, 5.74) is 1.42. The highest BCUT2D eigenvalue weighted by Gasteiger charge is 2.45. The summed E-state index contributed by atoms with van der Waals surface area (Å²) in [5.74, 6) is -1.08. The molecule has 4 aromatic rings. The Morgan fingerprint density at radius 2 is 2.06 bits per heavy atom. The van der Waals surface area contributed by atoms with Gasteiger partial charge in [0.15, 0.2) is 10.6 Å². The molecule has 7 nitrogen and oxygen atoms in total. The molecule has 170 valence electrons. The molecular weight excluding hydrogens is 520 g/mol. The maximum Gasteiger partial charge on any atom is 0.350 e. The molecule has 2 aromatic carbocycles. The minimum Gasteiger partial charge on any atom is -0.457 e. The van der Waals surface area contributed by atoms with Crippen molar-refractivity contribution in [3.63, 3.8) is 0 Å². The van der Waals surface area contributed by atoms with Crippen LogP contribution in [-0.2, 0) is 4.74 Å². The van der Waals surface area contributed by atoms with Gasteiger partial charge >= 0.3 is 5.97 Å². The Morgan fingerprint density at radius 1 is 1.26 bits per heavy atom. The van der Waals surface area contributed by atoms with Gasteiger partial charge in [-0.1, -0.05) is 64.2 Å². The number of aryl methyl sites for hydroxylation is 1. The van der Waals surface area contributed by atoms with E-state index in [0.717, 1.165) is 15.8 Å². The topological polar surface area (TPSA) is 89.7 Å². The van der Waals surface area contributed by atoms with Crippen molar-refractivity contribution in [2.75, 3.05) is 11.5 Å². The largest absolute Gasteiger partial charge is 0.457 e. The molecule has 0 saturated carbocycles. The molecule has 0 unspecified atom stereocenters. The molecule has 0 bridgehead atoms. The van der Waals surface area contributed by atoms with Gasteiger partial charge in [-0.05, 0) is 36.8 Å². The number of carbonyl (C=O) groups excluding carboxylic acids is 2. The van der Waals surface area contributed by atoms with E-state index < -0.39 is 17.9 Å². The lowest BCUT2D eigenvalue weighted by Crippen LogP contribution is -2.29. The van der Waals surface area contributed by atoms with Crippen LogP contribution < -0.4 is 10.3 Å². The number of thiazole rings is 1. The van der Waals surface area contributed by atoms with Crippen LogP contribution in [0.3, 0.4) is 0 Å². The monoisotopic (exact) mass is 536 g/mol. The molecule has 1 aliphatic rings. The number of ether oxygens (including phenoxy) is 1. The van der Waals surface area contributed by atoms with Crippen LogP contribution in [0.1, 0.15) is 43.1 Å². The summed E-state index contributed by atoms with van der Waals surface area (Å²) in [6.45, 7) is 5.28. The lowest BCUT2D eigenvalue weighted by atomic mass is 9.99. The van der Waals surface area contributed by atoms with E-state index in [1.54, 1.807) is 31.2 Å². The van der Waals surface area contributed by atoms with Crippen LogP contribution >= 0.6 is 27.3 Å². The fourth-order valence-electron chi connectivity index (χ4n) is 3.98. The number of aromatic nitrogens is 1. The zero-order chi connectivity index (χ0) is 24.0. The molecule has 2 aromatic heterocycles. The van der Waals surface area contributed by atoms with E-state index in [2.05, 4.69) is 27.5 Å². The van der Waals surface area contributed by atoms with Crippen molar-refractivity contribution in [2.24, 2.45) is 0 Å². The van der Waals surface area contributed by atoms with Crippen molar-refractivity contribution in [1.29, 1.82) is 0 Å². The van der Waals surface area contributed by atoms with E-state index in [0.29, 0.717) is 22.2 Å². The summed E-state index contributed by atoms with van der Waals surface area (Å²) < 4.78 is 11.9. The molecule has 0 fully saturated rings. The fraction of sp³-hybridized carbons (Fsp3) is 0.120. The molecule has 0 saturated heterocycles. The minimum absolute atomic E-state index is 0.0303. The maximum atomic E-state index is 13.6. The van der Waals surface area contributed by atoms with Crippen molar-refractivity contribution in [1.82, 2.24) is 4.98 Å². The average Bonchev–Trinajstić information content (AvgIpc) is 3.35. The Labute approximate surface area is 206 Å². The maximum absolute atomic E-state index is 13.6. The quantitative estimate of drug-likeness (QED) is 0.250. The molecule has 3 heterocycles. The summed E-state index contributed by atoms with van der Waals surface area (Å²) in [5, 5.41) is 0.660. The zero-order valence-electron chi connectivity index (χ0n) is 17.9. The van der Waals surface area contributed by atoms with E-state index in [-0.39, 0.29) is 33.4 Å². The van der Waals surface area contributed by atoms with Crippen LogP contribution in [0.25, 0.3) is 11.0 Å². The molecule has 1 aliphatic heterocycles. The Balaban J connectivity index is 1.72. The van der Waals surface area contributed by atoms with Gasteiger partial charge in [0.25, 0.3) is 5.91 Å². The van der Waals surface area contributed by atoms with Crippen molar-refractivity contribution in [3.8, 4) is 0 Å². The van der Waals surface area contributed by atoms with Gasteiger partial charge in [-0.3, -0.25) is 14.5 Å². The van der Waals surface area contributed by atoms with Gasteiger partial charge in [-0.2, -0.15) is 0 Å². The van der Waals surface area contributed by atoms with E-state index in [1.165, 1.54) is 11.0 Å². The number of hydrogen-bond donors (Lipinski definition) is 0. The van der Waals surface area contributed by atoms with E-state index in [4.69, 9.17) is 9.15 Å². The summed E-state index contributed by atoms with van der Waals surface area (Å²) in [7, 11) is 0. The highest BCUT2D eigenvalue weighted by Crippen LogP contribution is 2.43. The molecule has 5 rings (SSSR count). The Hall–Kier alpha value is -3.56. The van der Waals surface area contributed by atoms with Crippen LogP contribution in [0.4, 0.5) is 5.13 Å². The summed E-state index contributed by atoms with van der Waals surface area (Å²) in [4.78, 5) is 45.9. The minimum atomic E-state index is -0.775. The van der Waals surface area contributed by atoms with E-state index >= 15 is 0 Å². The molecule has 0 spiro atoms. The Kier molecular flexibility index (Phi) is 5.66. The van der Waals surface area contributed by atoms with Crippen LogP contribution in [0.2, 0.25) is 0 Å². The molecule has 0 N–H and O–H groups in total. The number of halogens is 1. The molecule has 1 amide bonds. The van der Waals surface area contributed by atoms with Gasteiger partial charge in [-0.25, -0.2) is 9.78 Å². The first-order valence-corrected chi connectivity index (χ1v) is 11.9. The second kappa shape index (κ2) is 8.66. The molecule has 34 heavy (non-hydrogen) atoms. The fourth-order valence-corrected chi connectivity index (χ4v) is 5.39. The first-order chi connectivity index (χ1) is 16.4. The van der Waals surface area contributed by atoms with Crippen molar-refractivity contribution >= 4 is 55.2 Å². The third kappa shape index (κ3) is 3.57. The number of esters is 1. The SMILES string of the molecule is C=CCOC(=O)c1sc(N2C(=O)c3oc4ccccc4c(=O)c3[C@@H]2c2cccc(Br)c2)nc1C. The summed E-state index contributed by atoms with van der Waals surface area (Å²) in [6, 6.07) is 13.4. The average molecular weight is 537 g/mol. The van der Waals surface area contributed by atoms with Crippen molar-refractivity contribution < 1.29 is 18.7 Å². The molecule has 0 aliphatic carbocycles. The first kappa shape index (κ1) is 22.2. The number of carbonyl (C=O) groups is 2. The van der Waals surface area contributed by atoms with Gasteiger partial charge < -0.3 is 9.15 Å². The van der Waals surface area contributed by atoms with Crippen LogP contribution in [-0.4, -0.2) is 23.5 Å². The van der Waals surface area contributed by atoms with Gasteiger partial charge in [-0.15, -0.1) is 0 Å². The number of fused-ring (bicyclic) bond motifs is 2. The number of nitrogens with zero attached hydrogens (tertiary/aromatic N) is 2. The number of benzene rings is 2. The van der Waals surface area contributed by atoms with E-state index in [9.17, 15) is 14.4 Å². The number of rotatable bonds is 5. The van der Waals surface area contributed by atoms with Gasteiger partial charge in [0.1, 0.15) is 17.1 Å². The number of anilines is 1. The second-order valence-corrected chi connectivity index (χ2v) is 9.49. The third-order valence-electron chi connectivity index (χ3n) is 5.45. The second-order valence-electron chi connectivity index (χ2n) is 7.60. The molecular formula is C25H17BrN2O5S. The van der Waals surface area contributed by atoms with Crippen LogP contribution in [0.5, 0.6) is 0 Å². The normalized spacial score (nSPS) is 14.9. The predicted octanol–water partition coefficient (Wildman–Crippen LogP) is 5.41. The Morgan fingerprint density at radius 3 is 2.82 bits per heavy atom. The van der Waals surface area contributed by atoms with E-state index in [1.807, 2.05) is 24.3 Å². The van der Waals surface area contributed by atoms with Crippen LogP contribution in [0.15, 0.2) is 74.9 Å². The first-order valence-electron chi connectivity index (χ1n) is 10.3. The van der Waals surface area contributed by atoms with Gasteiger partial charge in [0.05, 0.1) is 22.7 Å². The highest BCUT2D eigenvalue weighted by molar-refractivity contribution is 9.10. The van der Waals surface area contributed by atoms with Crippen molar-refractivity contribution in [2.45, 2.75) is 13.0 Å². The number of para-hydroxylation sites is 1. The third-order valence-corrected chi connectivity index (χ3v) is 7.08. The van der Waals surface area contributed by atoms with Gasteiger partial charge in [0.2, 0.25) is 5.76 Å². The molecule has 1 atom stereocenters. The lowest BCUT2D eigenvalue weighted by molar-refractivity contribution is 0.0554. The number of amides is 1. The number of hydrogen-bond acceptors (Lipinski definition) is 7. The Bertz CT molecular complexity index is 1540. The van der Waals surface area contributed by atoms with Crippen LogP contribution in [0, 0.1) is 6.92 Å². The van der Waals surface area contributed by atoms with Gasteiger partial charge in [0, 0.05) is 4.47 Å². The molecule has 0 radical (unpaired) electrons. The predicted molar refractivity (Wildman–Crippen MR) is 133 cm³/mol. The summed E-state index contributed by atoms with van der Waals surface area (Å²) >= 11 is 4.50. The molecule has 9 heteroatoms. The summed E-state index contributed by atoms with van der Waals surface area (Å²) in [6.07, 6.45) is 1.47. The standard InChI is InChI=1S/C25H17BrN2O5S/c1-3-11-32-24(31)22-13(2)27-25(34-22)28-19(14-7-6-8-15(26)12-14)18-20(29)16-9-4-5-10-17(16)33-21(18)23(28)30/h3-10,12,19H,1,11H2,2H3/t19-/m0/s1. The lowest BCUT2D eigenvalue weighted by Gasteiger charge is -2.22.